The molecule has 2 aromatic rings. The second-order valence-corrected chi connectivity index (χ2v) is 4.53. The molecule has 0 unspecified atom stereocenters. The van der Waals surface area contributed by atoms with Crippen LogP contribution in [0.5, 0.6) is 0 Å². The van der Waals surface area contributed by atoms with Crippen LogP contribution in [0.2, 0.25) is 0 Å². The lowest BCUT2D eigenvalue weighted by atomic mass is 10.1. The summed E-state index contributed by atoms with van der Waals surface area (Å²) in [6, 6.07) is 9.86. The third-order valence-corrected chi connectivity index (χ3v) is 3.20. The number of nitrogens with zero attached hydrogens (tertiary/aromatic N) is 2. The van der Waals surface area contributed by atoms with Crippen LogP contribution in [0.4, 0.5) is 5.69 Å². The predicted octanol–water partition coefficient (Wildman–Crippen LogP) is 3.23. The Morgan fingerprint density at radius 3 is 2.53 bits per heavy atom. The van der Waals surface area contributed by atoms with Crippen molar-refractivity contribution in [2.24, 2.45) is 0 Å². The number of carbonyl (C=O) groups is 1. The molecule has 0 spiro atoms. The Kier molecular flexibility index (Phi) is 4.29. The van der Waals surface area contributed by atoms with E-state index in [1.807, 2.05) is 49.6 Å². The molecule has 0 amide bonds. The van der Waals surface area contributed by atoms with Crippen molar-refractivity contribution in [2.45, 2.75) is 20.4 Å². The molecule has 98 valence electrons. The van der Waals surface area contributed by atoms with E-state index in [1.165, 1.54) is 11.3 Å². The van der Waals surface area contributed by atoms with E-state index < -0.39 is 0 Å². The molecule has 3 nitrogen and oxygen atoms in total. The topological polar surface area (TPSA) is 33.2 Å². The molecular weight excluding hydrogens is 236 g/mol. The van der Waals surface area contributed by atoms with Gasteiger partial charge in [-0.1, -0.05) is 0 Å². The SMILES string of the molecule is CCN(Cc1ccncc1)c1ccc(C=O)cc1C. The maximum absolute atomic E-state index is 10.8. The highest BCUT2D eigenvalue weighted by Crippen LogP contribution is 2.22. The fourth-order valence-corrected chi connectivity index (χ4v) is 2.18. The highest BCUT2D eigenvalue weighted by molar-refractivity contribution is 5.77. The number of anilines is 1. The second-order valence-electron chi connectivity index (χ2n) is 4.53. The fraction of sp³-hybridized carbons (Fsp3) is 0.250. The molecule has 0 N–H and O–H groups in total. The number of hydrogen-bond donors (Lipinski definition) is 0. The van der Waals surface area contributed by atoms with E-state index in [4.69, 9.17) is 0 Å². The van der Waals surface area contributed by atoms with Crippen LogP contribution in [-0.4, -0.2) is 17.8 Å². The Morgan fingerprint density at radius 2 is 1.95 bits per heavy atom. The van der Waals surface area contributed by atoms with Crippen LogP contribution in [0.15, 0.2) is 42.7 Å². The summed E-state index contributed by atoms with van der Waals surface area (Å²) in [5, 5.41) is 0. The fourth-order valence-electron chi connectivity index (χ4n) is 2.18. The highest BCUT2D eigenvalue weighted by atomic mass is 16.1. The lowest BCUT2D eigenvalue weighted by Crippen LogP contribution is -2.22. The standard InChI is InChI=1S/C16H18N2O/c1-3-18(11-14-6-8-17-9-7-14)16-5-4-15(12-19)10-13(16)2/h4-10,12H,3,11H2,1-2H3. The third-order valence-electron chi connectivity index (χ3n) is 3.20. The Balaban J connectivity index is 2.24. The van der Waals surface area contributed by atoms with E-state index in [2.05, 4.69) is 16.8 Å². The van der Waals surface area contributed by atoms with Gasteiger partial charge in [-0.2, -0.15) is 0 Å². The normalized spacial score (nSPS) is 10.2. The molecule has 1 heterocycles. The minimum Gasteiger partial charge on any atom is -0.367 e. The van der Waals surface area contributed by atoms with Crippen LogP contribution < -0.4 is 4.90 Å². The first-order valence-corrected chi connectivity index (χ1v) is 6.44. The van der Waals surface area contributed by atoms with Gasteiger partial charge in [-0.25, -0.2) is 0 Å². The minimum atomic E-state index is 0.723. The van der Waals surface area contributed by atoms with Gasteiger partial charge in [0.1, 0.15) is 6.29 Å². The zero-order valence-electron chi connectivity index (χ0n) is 11.3. The van der Waals surface area contributed by atoms with Gasteiger partial charge in [0.2, 0.25) is 0 Å². The monoisotopic (exact) mass is 254 g/mol. The number of rotatable bonds is 5. The van der Waals surface area contributed by atoms with Gasteiger partial charge >= 0.3 is 0 Å². The maximum atomic E-state index is 10.8. The minimum absolute atomic E-state index is 0.723. The van der Waals surface area contributed by atoms with Gasteiger partial charge in [-0.15, -0.1) is 0 Å². The van der Waals surface area contributed by atoms with Crippen LogP contribution in [-0.2, 0) is 6.54 Å². The summed E-state index contributed by atoms with van der Waals surface area (Å²) >= 11 is 0. The lowest BCUT2D eigenvalue weighted by Gasteiger charge is -2.25. The first kappa shape index (κ1) is 13.3. The number of hydrogen-bond acceptors (Lipinski definition) is 3. The molecule has 1 aromatic heterocycles. The zero-order valence-corrected chi connectivity index (χ0v) is 11.3. The molecule has 19 heavy (non-hydrogen) atoms. The Bertz CT molecular complexity index is 552. The molecule has 0 aliphatic rings. The van der Waals surface area contributed by atoms with Crippen LogP contribution >= 0.6 is 0 Å². The first-order valence-electron chi connectivity index (χ1n) is 6.44. The number of pyridine rings is 1. The van der Waals surface area contributed by atoms with Crippen molar-refractivity contribution in [2.75, 3.05) is 11.4 Å². The van der Waals surface area contributed by atoms with Crippen molar-refractivity contribution in [3.63, 3.8) is 0 Å². The molecule has 0 fully saturated rings. The second kappa shape index (κ2) is 6.14. The molecule has 0 bridgehead atoms. The van der Waals surface area contributed by atoms with Gasteiger partial charge in [-0.3, -0.25) is 9.78 Å². The number of aldehydes is 1. The van der Waals surface area contributed by atoms with E-state index in [1.54, 1.807) is 0 Å². The molecule has 0 aliphatic heterocycles. The number of aromatic nitrogens is 1. The van der Waals surface area contributed by atoms with Gasteiger partial charge < -0.3 is 4.90 Å². The first-order chi connectivity index (χ1) is 9.24. The molecule has 0 atom stereocenters. The lowest BCUT2D eigenvalue weighted by molar-refractivity contribution is 0.112. The molecule has 0 aliphatic carbocycles. The molecular formula is C16H18N2O. The summed E-state index contributed by atoms with van der Waals surface area (Å²) in [6.07, 6.45) is 4.51. The van der Waals surface area contributed by atoms with Crippen molar-refractivity contribution in [3.05, 3.63) is 59.4 Å². The molecule has 3 heteroatoms. The average Bonchev–Trinajstić information content (AvgIpc) is 2.46. The zero-order chi connectivity index (χ0) is 13.7. The highest BCUT2D eigenvalue weighted by Gasteiger charge is 2.08. The largest absolute Gasteiger partial charge is 0.367 e. The third kappa shape index (κ3) is 3.19. The van der Waals surface area contributed by atoms with E-state index in [-0.39, 0.29) is 0 Å². The molecule has 0 saturated heterocycles. The molecule has 0 radical (unpaired) electrons. The van der Waals surface area contributed by atoms with Crippen molar-refractivity contribution in [1.82, 2.24) is 4.98 Å². The van der Waals surface area contributed by atoms with Crippen molar-refractivity contribution >= 4 is 12.0 Å². The van der Waals surface area contributed by atoms with Gasteiger partial charge in [-0.05, 0) is 55.3 Å². The van der Waals surface area contributed by atoms with E-state index in [9.17, 15) is 4.79 Å². The quantitative estimate of drug-likeness (QED) is 0.768. The smallest absolute Gasteiger partial charge is 0.150 e. The van der Waals surface area contributed by atoms with Crippen LogP contribution in [0.1, 0.15) is 28.4 Å². The van der Waals surface area contributed by atoms with E-state index >= 15 is 0 Å². The Hall–Kier alpha value is -2.16. The van der Waals surface area contributed by atoms with Crippen LogP contribution in [0.25, 0.3) is 0 Å². The van der Waals surface area contributed by atoms with Crippen molar-refractivity contribution in [1.29, 1.82) is 0 Å². The Labute approximate surface area is 113 Å². The average molecular weight is 254 g/mol. The van der Waals surface area contributed by atoms with E-state index in [0.717, 1.165) is 30.5 Å². The van der Waals surface area contributed by atoms with E-state index in [0.29, 0.717) is 0 Å². The van der Waals surface area contributed by atoms with Crippen molar-refractivity contribution in [3.8, 4) is 0 Å². The van der Waals surface area contributed by atoms with Gasteiger partial charge in [0, 0.05) is 36.7 Å². The summed E-state index contributed by atoms with van der Waals surface area (Å²) in [5.74, 6) is 0. The van der Waals surface area contributed by atoms with Crippen LogP contribution in [0, 0.1) is 6.92 Å². The Morgan fingerprint density at radius 1 is 1.21 bits per heavy atom. The van der Waals surface area contributed by atoms with Gasteiger partial charge in [0.15, 0.2) is 0 Å². The number of aryl methyl sites for hydroxylation is 1. The predicted molar refractivity (Wildman–Crippen MR) is 77.5 cm³/mol. The summed E-state index contributed by atoms with van der Waals surface area (Å²) in [5.41, 5.74) is 4.25. The molecule has 0 saturated carbocycles. The summed E-state index contributed by atoms with van der Waals surface area (Å²) < 4.78 is 0. The molecule has 1 aromatic carbocycles. The summed E-state index contributed by atoms with van der Waals surface area (Å²) in [7, 11) is 0. The summed E-state index contributed by atoms with van der Waals surface area (Å²) in [6.45, 7) is 5.94. The van der Waals surface area contributed by atoms with Gasteiger partial charge in [0.25, 0.3) is 0 Å². The molecule has 2 rings (SSSR count). The van der Waals surface area contributed by atoms with Gasteiger partial charge in [0.05, 0.1) is 0 Å². The van der Waals surface area contributed by atoms with Crippen LogP contribution in [0.3, 0.4) is 0 Å². The van der Waals surface area contributed by atoms with Crippen molar-refractivity contribution < 1.29 is 4.79 Å². The maximum Gasteiger partial charge on any atom is 0.150 e. The number of carbonyl (C=O) groups excluding carboxylic acids is 1. The number of benzene rings is 1. The summed E-state index contributed by atoms with van der Waals surface area (Å²) in [4.78, 5) is 17.1.